The Balaban J connectivity index is 1.43. The minimum Gasteiger partial charge on any atom is -0.349 e. The molecule has 1 saturated heterocycles. The summed E-state index contributed by atoms with van der Waals surface area (Å²) in [4.78, 5) is 19.5. The van der Waals surface area contributed by atoms with Gasteiger partial charge in [-0.25, -0.2) is 0 Å². The van der Waals surface area contributed by atoms with Crippen molar-refractivity contribution in [3.8, 4) is 0 Å². The maximum absolute atomic E-state index is 10.6. The Bertz CT molecular complexity index is 567. The first kappa shape index (κ1) is 15.3. The second-order valence-electron chi connectivity index (χ2n) is 5.60. The van der Waals surface area contributed by atoms with E-state index in [1.54, 1.807) is 4.68 Å². The number of nitrogens with zero attached hydrogens (tertiary/aromatic N) is 6. The lowest BCUT2D eigenvalue weighted by Crippen LogP contribution is -2.48. The highest BCUT2D eigenvalue weighted by Crippen LogP contribution is 2.23. The summed E-state index contributed by atoms with van der Waals surface area (Å²) in [5.74, 6) is 0. The molecule has 22 heavy (non-hydrogen) atoms. The van der Waals surface area contributed by atoms with E-state index < -0.39 is 4.92 Å². The van der Waals surface area contributed by atoms with Gasteiger partial charge in [0.1, 0.15) is 12.4 Å². The number of aromatic nitrogens is 2. The lowest BCUT2D eigenvalue weighted by atomic mass is 10.3. The van der Waals surface area contributed by atoms with E-state index in [0.717, 1.165) is 39.3 Å². The molecule has 1 atom stereocenters. The molecule has 2 aliphatic heterocycles. The Labute approximate surface area is 133 Å². The molecule has 1 aromatic heterocycles. The normalized spacial score (nSPS) is 22.9. The zero-order valence-corrected chi connectivity index (χ0v) is 13.4. The number of piperazine rings is 1. The predicted molar refractivity (Wildman–Crippen MR) is 86.2 cm³/mol. The Morgan fingerprint density at radius 3 is 2.73 bits per heavy atom. The molecule has 1 aromatic rings. The van der Waals surface area contributed by atoms with Crippen LogP contribution in [0.2, 0.25) is 0 Å². The summed E-state index contributed by atoms with van der Waals surface area (Å²) in [5, 5.41) is 16.4. The van der Waals surface area contributed by atoms with E-state index in [9.17, 15) is 10.1 Å². The van der Waals surface area contributed by atoms with Gasteiger partial charge in [-0.2, -0.15) is 5.10 Å². The maximum Gasteiger partial charge on any atom is 0.306 e. The maximum atomic E-state index is 10.6. The summed E-state index contributed by atoms with van der Waals surface area (Å²) in [7, 11) is 0. The molecule has 0 radical (unpaired) electrons. The standard InChI is InChI=1S/C13H20N6O2S/c1-11-8-14-13(22-11)17-5-2-16(3-6-17)4-7-18-10-12(9-15-18)19(20)21/h9-11H,2-8H2,1H3. The van der Waals surface area contributed by atoms with Crippen LogP contribution in [-0.4, -0.2) is 74.2 Å². The third kappa shape index (κ3) is 3.58. The third-order valence-electron chi connectivity index (χ3n) is 3.91. The second kappa shape index (κ2) is 6.66. The molecule has 0 aliphatic carbocycles. The van der Waals surface area contributed by atoms with Gasteiger partial charge < -0.3 is 4.90 Å². The lowest BCUT2D eigenvalue weighted by Gasteiger charge is -2.35. The van der Waals surface area contributed by atoms with E-state index in [1.165, 1.54) is 17.6 Å². The fourth-order valence-corrected chi connectivity index (χ4v) is 3.60. The molecule has 3 rings (SSSR count). The van der Waals surface area contributed by atoms with Crippen molar-refractivity contribution >= 4 is 22.6 Å². The molecule has 0 N–H and O–H groups in total. The van der Waals surface area contributed by atoms with Crippen LogP contribution in [0.25, 0.3) is 0 Å². The van der Waals surface area contributed by atoms with Crippen LogP contribution >= 0.6 is 11.8 Å². The molecule has 0 amide bonds. The van der Waals surface area contributed by atoms with Crippen molar-refractivity contribution in [2.75, 3.05) is 39.3 Å². The van der Waals surface area contributed by atoms with Crippen LogP contribution in [0.3, 0.4) is 0 Å². The van der Waals surface area contributed by atoms with Gasteiger partial charge in [-0.05, 0) is 0 Å². The molecule has 3 heterocycles. The Morgan fingerprint density at radius 1 is 1.36 bits per heavy atom. The molecular formula is C13H20N6O2S. The number of thioether (sulfide) groups is 1. The molecule has 8 nitrogen and oxygen atoms in total. The van der Waals surface area contributed by atoms with E-state index in [1.807, 2.05) is 11.8 Å². The van der Waals surface area contributed by atoms with Crippen LogP contribution in [0.15, 0.2) is 17.4 Å². The molecule has 0 aromatic carbocycles. The largest absolute Gasteiger partial charge is 0.349 e. The first-order chi connectivity index (χ1) is 10.6. The minimum absolute atomic E-state index is 0.0511. The van der Waals surface area contributed by atoms with Gasteiger partial charge in [-0.15, -0.1) is 0 Å². The van der Waals surface area contributed by atoms with Crippen molar-refractivity contribution in [3.63, 3.8) is 0 Å². The van der Waals surface area contributed by atoms with Gasteiger partial charge >= 0.3 is 5.69 Å². The quantitative estimate of drug-likeness (QED) is 0.605. The first-order valence-corrected chi connectivity index (χ1v) is 8.35. The minimum atomic E-state index is -0.413. The van der Waals surface area contributed by atoms with Crippen molar-refractivity contribution in [1.82, 2.24) is 19.6 Å². The van der Waals surface area contributed by atoms with E-state index in [0.29, 0.717) is 11.8 Å². The fraction of sp³-hybridized carbons (Fsp3) is 0.692. The molecule has 1 unspecified atom stereocenters. The molecule has 0 saturated carbocycles. The summed E-state index contributed by atoms with van der Waals surface area (Å²) in [6, 6.07) is 0. The zero-order chi connectivity index (χ0) is 15.5. The van der Waals surface area contributed by atoms with E-state index in [2.05, 4.69) is 26.8 Å². The summed E-state index contributed by atoms with van der Waals surface area (Å²) in [6.45, 7) is 8.67. The fourth-order valence-electron chi connectivity index (χ4n) is 2.61. The van der Waals surface area contributed by atoms with Gasteiger partial charge in [0.15, 0.2) is 5.17 Å². The van der Waals surface area contributed by atoms with Gasteiger partial charge in [0.25, 0.3) is 0 Å². The number of amidine groups is 1. The SMILES string of the molecule is CC1CN=C(N2CCN(CCn3cc([N+](=O)[O-])cn3)CC2)S1. The van der Waals surface area contributed by atoms with Gasteiger partial charge in [0, 0.05) is 38.0 Å². The number of aliphatic imine (C=N–C) groups is 1. The molecule has 120 valence electrons. The third-order valence-corrected chi connectivity index (χ3v) is 5.06. The molecule has 2 aliphatic rings. The lowest BCUT2D eigenvalue weighted by molar-refractivity contribution is -0.385. The Kier molecular flexibility index (Phi) is 4.63. The topological polar surface area (TPSA) is 79.8 Å². The summed E-state index contributed by atoms with van der Waals surface area (Å²) in [5.41, 5.74) is 0.0511. The smallest absolute Gasteiger partial charge is 0.306 e. The zero-order valence-electron chi connectivity index (χ0n) is 12.6. The number of hydrogen-bond donors (Lipinski definition) is 0. The summed E-state index contributed by atoms with van der Waals surface area (Å²) in [6.07, 6.45) is 2.79. The van der Waals surface area contributed by atoms with E-state index >= 15 is 0 Å². The van der Waals surface area contributed by atoms with Crippen LogP contribution in [0.1, 0.15) is 6.92 Å². The van der Waals surface area contributed by atoms with Crippen LogP contribution < -0.4 is 0 Å². The highest BCUT2D eigenvalue weighted by atomic mass is 32.2. The van der Waals surface area contributed by atoms with Crippen LogP contribution in [0.4, 0.5) is 5.69 Å². The highest BCUT2D eigenvalue weighted by molar-refractivity contribution is 8.14. The van der Waals surface area contributed by atoms with Crippen LogP contribution in [0.5, 0.6) is 0 Å². The van der Waals surface area contributed by atoms with Crippen molar-refractivity contribution < 1.29 is 4.92 Å². The number of hydrogen-bond acceptors (Lipinski definition) is 7. The van der Waals surface area contributed by atoms with Gasteiger partial charge in [-0.3, -0.25) is 24.7 Å². The second-order valence-corrected chi connectivity index (χ2v) is 7.00. The Hall–Kier alpha value is -1.61. The molecule has 0 spiro atoms. The van der Waals surface area contributed by atoms with Crippen molar-refractivity contribution in [2.24, 2.45) is 4.99 Å². The summed E-state index contributed by atoms with van der Waals surface area (Å²) < 4.78 is 1.64. The predicted octanol–water partition coefficient (Wildman–Crippen LogP) is 0.900. The monoisotopic (exact) mass is 324 g/mol. The average Bonchev–Trinajstić information content (AvgIpc) is 3.15. The summed E-state index contributed by atoms with van der Waals surface area (Å²) >= 11 is 1.87. The van der Waals surface area contributed by atoms with E-state index in [4.69, 9.17) is 0 Å². The van der Waals surface area contributed by atoms with Gasteiger partial charge in [-0.1, -0.05) is 18.7 Å². The van der Waals surface area contributed by atoms with Crippen molar-refractivity contribution in [3.05, 3.63) is 22.5 Å². The molecule has 1 fully saturated rings. The number of nitro groups is 1. The van der Waals surface area contributed by atoms with Crippen LogP contribution in [-0.2, 0) is 6.54 Å². The van der Waals surface area contributed by atoms with Gasteiger partial charge in [0.2, 0.25) is 0 Å². The number of rotatable bonds is 4. The molecule has 9 heteroatoms. The molecule has 0 bridgehead atoms. The first-order valence-electron chi connectivity index (χ1n) is 7.47. The van der Waals surface area contributed by atoms with Gasteiger partial charge in [0.05, 0.1) is 18.0 Å². The molecular weight excluding hydrogens is 304 g/mol. The van der Waals surface area contributed by atoms with Crippen molar-refractivity contribution in [2.45, 2.75) is 18.7 Å². The van der Waals surface area contributed by atoms with Crippen LogP contribution in [0, 0.1) is 10.1 Å². The highest BCUT2D eigenvalue weighted by Gasteiger charge is 2.24. The average molecular weight is 324 g/mol. The van der Waals surface area contributed by atoms with E-state index in [-0.39, 0.29) is 5.69 Å². The Morgan fingerprint density at radius 2 is 2.14 bits per heavy atom. The van der Waals surface area contributed by atoms with Crippen molar-refractivity contribution in [1.29, 1.82) is 0 Å².